The molecule has 2 N–H and O–H groups in total. The lowest BCUT2D eigenvalue weighted by Gasteiger charge is -2.22. The van der Waals surface area contributed by atoms with Crippen molar-refractivity contribution in [3.63, 3.8) is 0 Å². The summed E-state index contributed by atoms with van der Waals surface area (Å²) in [6, 6.07) is 3.90. The summed E-state index contributed by atoms with van der Waals surface area (Å²) in [6.07, 6.45) is 1.85. The normalized spacial score (nSPS) is 14.1. The van der Waals surface area contributed by atoms with Crippen LogP contribution in [0.5, 0.6) is 5.75 Å². The summed E-state index contributed by atoms with van der Waals surface area (Å²) in [4.78, 5) is 13.6. The monoisotopic (exact) mass is 268 g/mol. The number of amides is 2. The molecule has 2 amide bonds. The summed E-state index contributed by atoms with van der Waals surface area (Å²) >= 11 is 0. The number of carbonyl (C=O) groups is 1. The van der Waals surface area contributed by atoms with Gasteiger partial charge in [0.2, 0.25) is 0 Å². The number of aliphatic hydroxyl groups is 1. The van der Waals surface area contributed by atoms with Gasteiger partial charge in [0.1, 0.15) is 11.6 Å². The van der Waals surface area contributed by atoms with Crippen LogP contribution in [0.15, 0.2) is 18.2 Å². The fourth-order valence-electron chi connectivity index (χ4n) is 1.86. The van der Waals surface area contributed by atoms with Gasteiger partial charge in [0.05, 0.1) is 19.4 Å². The molecule has 19 heavy (non-hydrogen) atoms. The fraction of sp³-hybridized carbons (Fsp3) is 0.462. The molecule has 0 spiro atoms. The first-order valence-corrected chi connectivity index (χ1v) is 6.17. The van der Waals surface area contributed by atoms with E-state index in [0.29, 0.717) is 5.75 Å². The third-order valence-electron chi connectivity index (χ3n) is 3.00. The second-order valence-electron chi connectivity index (χ2n) is 4.42. The first kappa shape index (κ1) is 13.6. The van der Waals surface area contributed by atoms with E-state index in [1.165, 1.54) is 30.2 Å². The smallest absolute Gasteiger partial charge is 0.322 e. The van der Waals surface area contributed by atoms with Crippen LogP contribution in [0.25, 0.3) is 0 Å². The van der Waals surface area contributed by atoms with Crippen LogP contribution in [0.2, 0.25) is 0 Å². The first-order chi connectivity index (χ1) is 9.15. The lowest BCUT2D eigenvalue weighted by Crippen LogP contribution is -2.38. The van der Waals surface area contributed by atoms with Crippen LogP contribution in [0.4, 0.5) is 14.9 Å². The summed E-state index contributed by atoms with van der Waals surface area (Å²) < 4.78 is 18.6. The Morgan fingerprint density at radius 1 is 1.58 bits per heavy atom. The third-order valence-corrected chi connectivity index (χ3v) is 3.00. The van der Waals surface area contributed by atoms with E-state index >= 15 is 0 Å². The van der Waals surface area contributed by atoms with Crippen LogP contribution >= 0.6 is 0 Å². The fourth-order valence-corrected chi connectivity index (χ4v) is 1.86. The molecular weight excluding hydrogens is 251 g/mol. The molecule has 2 rings (SSSR count). The molecule has 1 aliphatic rings. The largest absolute Gasteiger partial charge is 0.497 e. The third kappa shape index (κ3) is 3.35. The SMILES string of the molecule is COc1ccc(F)c(NC(=O)N(CCO)C2CC2)c1. The van der Waals surface area contributed by atoms with Crippen molar-refractivity contribution in [2.45, 2.75) is 18.9 Å². The quantitative estimate of drug-likeness (QED) is 0.856. The second kappa shape index (κ2) is 5.88. The van der Waals surface area contributed by atoms with E-state index in [2.05, 4.69) is 5.32 Å². The number of rotatable bonds is 5. The molecule has 1 fully saturated rings. The Hall–Kier alpha value is -1.82. The molecule has 1 aromatic rings. The zero-order chi connectivity index (χ0) is 13.8. The number of hydrogen-bond donors (Lipinski definition) is 2. The van der Waals surface area contributed by atoms with Gasteiger partial charge < -0.3 is 20.1 Å². The van der Waals surface area contributed by atoms with Crippen LogP contribution in [-0.2, 0) is 0 Å². The minimum absolute atomic E-state index is 0.0768. The summed E-state index contributed by atoms with van der Waals surface area (Å²) in [5, 5.41) is 11.5. The number of anilines is 1. The topological polar surface area (TPSA) is 61.8 Å². The number of ether oxygens (including phenoxy) is 1. The molecule has 5 nitrogen and oxygen atoms in total. The van der Waals surface area contributed by atoms with Gasteiger partial charge in [-0.15, -0.1) is 0 Å². The van der Waals surface area contributed by atoms with E-state index in [1.807, 2.05) is 0 Å². The van der Waals surface area contributed by atoms with Crippen molar-refractivity contribution in [3.05, 3.63) is 24.0 Å². The van der Waals surface area contributed by atoms with E-state index in [1.54, 1.807) is 0 Å². The number of nitrogens with zero attached hydrogens (tertiary/aromatic N) is 1. The van der Waals surface area contributed by atoms with Crippen molar-refractivity contribution >= 4 is 11.7 Å². The van der Waals surface area contributed by atoms with Crippen molar-refractivity contribution in [1.29, 1.82) is 0 Å². The maximum Gasteiger partial charge on any atom is 0.322 e. The van der Waals surface area contributed by atoms with Gasteiger partial charge in [0.25, 0.3) is 0 Å². The lowest BCUT2D eigenvalue weighted by molar-refractivity contribution is 0.185. The Kier molecular flexibility index (Phi) is 4.21. The molecule has 0 radical (unpaired) electrons. The molecule has 0 heterocycles. The summed E-state index contributed by atoms with van der Waals surface area (Å²) in [5.41, 5.74) is 0.0768. The van der Waals surface area contributed by atoms with Crippen LogP contribution in [-0.4, -0.2) is 42.3 Å². The Morgan fingerprint density at radius 3 is 2.89 bits per heavy atom. The number of benzene rings is 1. The minimum Gasteiger partial charge on any atom is -0.497 e. The lowest BCUT2D eigenvalue weighted by atomic mass is 10.3. The molecule has 1 saturated carbocycles. The number of methoxy groups -OCH3 is 1. The number of aliphatic hydroxyl groups excluding tert-OH is 1. The van der Waals surface area contributed by atoms with Gasteiger partial charge in [-0.1, -0.05) is 0 Å². The van der Waals surface area contributed by atoms with Crippen molar-refractivity contribution < 1.29 is 19.0 Å². The number of halogens is 1. The standard InChI is InChI=1S/C13H17FN2O3/c1-19-10-4-5-11(14)12(8-10)15-13(18)16(6-7-17)9-2-3-9/h4-5,8-9,17H,2-3,6-7H2,1H3,(H,15,18). The zero-order valence-electron chi connectivity index (χ0n) is 10.7. The molecule has 0 aromatic heterocycles. The van der Waals surface area contributed by atoms with Gasteiger partial charge in [-0.2, -0.15) is 0 Å². The van der Waals surface area contributed by atoms with Gasteiger partial charge in [0, 0.05) is 18.7 Å². The van der Waals surface area contributed by atoms with E-state index < -0.39 is 11.8 Å². The van der Waals surface area contributed by atoms with Crippen LogP contribution in [0.3, 0.4) is 0 Å². The maximum absolute atomic E-state index is 13.6. The Balaban J connectivity index is 2.08. The molecule has 0 aliphatic heterocycles. The highest BCUT2D eigenvalue weighted by Gasteiger charge is 2.32. The zero-order valence-corrected chi connectivity index (χ0v) is 10.7. The molecule has 0 unspecified atom stereocenters. The Bertz CT molecular complexity index is 463. The number of hydrogen-bond acceptors (Lipinski definition) is 3. The molecule has 0 saturated heterocycles. The Labute approximate surface area is 111 Å². The van der Waals surface area contributed by atoms with Crippen molar-refractivity contribution in [1.82, 2.24) is 4.90 Å². The molecule has 104 valence electrons. The number of nitrogens with one attached hydrogen (secondary N) is 1. The van der Waals surface area contributed by atoms with Gasteiger partial charge in [-0.05, 0) is 25.0 Å². The van der Waals surface area contributed by atoms with Gasteiger partial charge >= 0.3 is 6.03 Å². The summed E-state index contributed by atoms with van der Waals surface area (Å²) in [5.74, 6) is -0.0503. The van der Waals surface area contributed by atoms with E-state index in [-0.39, 0.29) is 24.9 Å². The predicted octanol–water partition coefficient (Wildman–Crippen LogP) is 1.82. The molecular formula is C13H17FN2O3. The highest BCUT2D eigenvalue weighted by Crippen LogP contribution is 2.28. The second-order valence-corrected chi connectivity index (χ2v) is 4.42. The van der Waals surface area contributed by atoms with Gasteiger partial charge in [-0.25, -0.2) is 9.18 Å². The van der Waals surface area contributed by atoms with Crippen molar-refractivity contribution in [3.8, 4) is 5.75 Å². The minimum atomic E-state index is -0.520. The summed E-state index contributed by atoms with van der Waals surface area (Å²) in [6.45, 7) is 0.145. The van der Waals surface area contributed by atoms with E-state index in [4.69, 9.17) is 9.84 Å². The van der Waals surface area contributed by atoms with E-state index in [0.717, 1.165) is 12.8 Å². The molecule has 1 aromatic carbocycles. The average Bonchev–Trinajstić information content (AvgIpc) is 3.22. The molecule has 6 heteroatoms. The maximum atomic E-state index is 13.6. The van der Waals surface area contributed by atoms with Crippen LogP contribution in [0, 0.1) is 5.82 Å². The average molecular weight is 268 g/mol. The van der Waals surface area contributed by atoms with Crippen LogP contribution in [0.1, 0.15) is 12.8 Å². The first-order valence-electron chi connectivity index (χ1n) is 6.17. The van der Waals surface area contributed by atoms with Gasteiger partial charge in [-0.3, -0.25) is 0 Å². The molecule has 0 bridgehead atoms. The van der Waals surface area contributed by atoms with E-state index in [9.17, 15) is 9.18 Å². The predicted molar refractivity (Wildman–Crippen MR) is 68.8 cm³/mol. The highest BCUT2D eigenvalue weighted by atomic mass is 19.1. The molecule has 0 atom stereocenters. The summed E-state index contributed by atoms with van der Waals surface area (Å²) in [7, 11) is 1.47. The van der Waals surface area contributed by atoms with Crippen molar-refractivity contribution in [2.24, 2.45) is 0 Å². The van der Waals surface area contributed by atoms with Gasteiger partial charge in [0.15, 0.2) is 0 Å². The number of urea groups is 1. The molecule has 1 aliphatic carbocycles. The highest BCUT2D eigenvalue weighted by molar-refractivity contribution is 5.90. The Morgan fingerprint density at radius 2 is 2.32 bits per heavy atom. The number of carbonyl (C=O) groups excluding carboxylic acids is 1. The van der Waals surface area contributed by atoms with Crippen molar-refractivity contribution in [2.75, 3.05) is 25.6 Å². The van der Waals surface area contributed by atoms with Crippen LogP contribution < -0.4 is 10.1 Å².